The van der Waals surface area contributed by atoms with Gasteiger partial charge in [-0.1, -0.05) is 0 Å². The third-order valence-corrected chi connectivity index (χ3v) is 1.85. The average molecular weight is 202 g/mol. The Balaban J connectivity index is 3.65. The molecule has 1 amide bonds. The molecule has 1 atom stereocenters. The highest BCUT2D eigenvalue weighted by Crippen LogP contribution is 2.12. The predicted octanol–water partition coefficient (Wildman–Crippen LogP) is 0.0948. The zero-order valence-electron chi connectivity index (χ0n) is 8.67. The molecule has 4 N–H and O–H groups in total. The molecule has 0 spiro atoms. The summed E-state index contributed by atoms with van der Waals surface area (Å²) >= 11 is 0. The van der Waals surface area contributed by atoms with Gasteiger partial charge in [0.15, 0.2) is 0 Å². The van der Waals surface area contributed by atoms with E-state index in [1.165, 1.54) is 6.92 Å². The van der Waals surface area contributed by atoms with Crippen LogP contribution in [0.5, 0.6) is 0 Å². The lowest BCUT2D eigenvalue weighted by Crippen LogP contribution is -2.39. The van der Waals surface area contributed by atoms with E-state index in [2.05, 4.69) is 5.32 Å². The van der Waals surface area contributed by atoms with Crippen molar-refractivity contribution in [2.24, 2.45) is 5.73 Å². The normalized spacial score (nSPS) is 14.5. The molecule has 0 aromatic heterocycles. The first-order valence-corrected chi connectivity index (χ1v) is 4.58. The standard InChI is InChI=1S/C9H18N2O3/c1-7(12)11-5-3-4-9(2,10)6-8(13)14/h3-6,10H2,1-2H3,(H,11,12)(H,13,14). The third-order valence-electron chi connectivity index (χ3n) is 1.85. The summed E-state index contributed by atoms with van der Waals surface area (Å²) in [4.78, 5) is 20.9. The molecule has 0 radical (unpaired) electrons. The van der Waals surface area contributed by atoms with Crippen molar-refractivity contribution in [3.8, 4) is 0 Å². The van der Waals surface area contributed by atoms with Crippen LogP contribution < -0.4 is 11.1 Å². The molecule has 0 saturated carbocycles. The van der Waals surface area contributed by atoms with Crippen LogP contribution in [-0.4, -0.2) is 29.1 Å². The number of carbonyl (C=O) groups is 2. The van der Waals surface area contributed by atoms with E-state index >= 15 is 0 Å². The van der Waals surface area contributed by atoms with Crippen molar-refractivity contribution < 1.29 is 14.7 Å². The number of nitrogens with two attached hydrogens (primary N) is 1. The van der Waals surface area contributed by atoms with Crippen LogP contribution in [0.2, 0.25) is 0 Å². The molecule has 0 saturated heterocycles. The molecule has 0 aromatic rings. The summed E-state index contributed by atoms with van der Waals surface area (Å²) < 4.78 is 0. The van der Waals surface area contributed by atoms with Gasteiger partial charge in [-0.05, 0) is 19.8 Å². The predicted molar refractivity (Wildman–Crippen MR) is 52.8 cm³/mol. The lowest BCUT2D eigenvalue weighted by atomic mass is 9.93. The first-order chi connectivity index (χ1) is 6.33. The van der Waals surface area contributed by atoms with Crippen LogP contribution >= 0.6 is 0 Å². The van der Waals surface area contributed by atoms with E-state index in [9.17, 15) is 9.59 Å². The number of nitrogens with one attached hydrogen (secondary N) is 1. The minimum atomic E-state index is -0.894. The van der Waals surface area contributed by atoms with Gasteiger partial charge in [0.25, 0.3) is 0 Å². The number of amides is 1. The van der Waals surface area contributed by atoms with E-state index < -0.39 is 11.5 Å². The van der Waals surface area contributed by atoms with E-state index in [-0.39, 0.29) is 12.3 Å². The Morgan fingerprint density at radius 3 is 2.50 bits per heavy atom. The number of aliphatic carboxylic acids is 1. The molecule has 82 valence electrons. The van der Waals surface area contributed by atoms with Gasteiger partial charge in [-0.2, -0.15) is 0 Å². The summed E-state index contributed by atoms with van der Waals surface area (Å²) in [6.07, 6.45) is 1.23. The van der Waals surface area contributed by atoms with Crippen LogP contribution in [0.15, 0.2) is 0 Å². The Bertz CT molecular complexity index is 214. The maximum Gasteiger partial charge on any atom is 0.305 e. The molecular formula is C9H18N2O3. The second-order valence-electron chi connectivity index (χ2n) is 3.81. The number of hydrogen-bond acceptors (Lipinski definition) is 3. The third kappa shape index (κ3) is 7.54. The maximum atomic E-state index is 10.5. The maximum absolute atomic E-state index is 10.5. The smallest absolute Gasteiger partial charge is 0.305 e. The van der Waals surface area contributed by atoms with Gasteiger partial charge in [0.1, 0.15) is 0 Å². The van der Waals surface area contributed by atoms with Crippen LogP contribution in [-0.2, 0) is 9.59 Å². The summed E-state index contributed by atoms with van der Waals surface area (Å²) in [5.74, 6) is -0.975. The van der Waals surface area contributed by atoms with Gasteiger partial charge in [-0.15, -0.1) is 0 Å². The Labute approximate surface area is 83.7 Å². The van der Waals surface area contributed by atoms with Crippen molar-refractivity contribution in [2.45, 2.75) is 38.6 Å². The monoisotopic (exact) mass is 202 g/mol. The molecule has 0 aromatic carbocycles. The van der Waals surface area contributed by atoms with E-state index in [0.29, 0.717) is 19.4 Å². The number of rotatable bonds is 6. The summed E-state index contributed by atoms with van der Waals surface area (Å²) in [6.45, 7) is 3.69. The largest absolute Gasteiger partial charge is 0.481 e. The Morgan fingerprint density at radius 1 is 1.50 bits per heavy atom. The van der Waals surface area contributed by atoms with Crippen molar-refractivity contribution >= 4 is 11.9 Å². The van der Waals surface area contributed by atoms with Gasteiger partial charge < -0.3 is 16.2 Å². The number of carboxylic acids is 1. The van der Waals surface area contributed by atoms with Gasteiger partial charge in [-0.3, -0.25) is 9.59 Å². The molecule has 5 heteroatoms. The molecule has 0 aliphatic carbocycles. The van der Waals surface area contributed by atoms with Crippen molar-refractivity contribution in [3.05, 3.63) is 0 Å². The Hall–Kier alpha value is -1.10. The molecule has 14 heavy (non-hydrogen) atoms. The van der Waals surface area contributed by atoms with Crippen LogP contribution in [0.4, 0.5) is 0 Å². The Morgan fingerprint density at radius 2 is 2.07 bits per heavy atom. The zero-order valence-corrected chi connectivity index (χ0v) is 8.67. The molecular weight excluding hydrogens is 184 g/mol. The van der Waals surface area contributed by atoms with Gasteiger partial charge in [-0.25, -0.2) is 0 Å². The van der Waals surface area contributed by atoms with E-state index in [1.807, 2.05) is 0 Å². The topological polar surface area (TPSA) is 92.4 Å². The van der Waals surface area contributed by atoms with Gasteiger partial charge in [0.2, 0.25) is 5.91 Å². The first kappa shape index (κ1) is 12.9. The van der Waals surface area contributed by atoms with Crippen LogP contribution in [0, 0.1) is 0 Å². The van der Waals surface area contributed by atoms with Gasteiger partial charge in [0, 0.05) is 19.0 Å². The lowest BCUT2D eigenvalue weighted by molar-refractivity contribution is -0.138. The summed E-state index contributed by atoms with van der Waals surface area (Å²) in [5.41, 5.74) is 5.05. The average Bonchev–Trinajstić information content (AvgIpc) is 1.95. The van der Waals surface area contributed by atoms with Crippen LogP contribution in [0.3, 0.4) is 0 Å². The molecule has 0 heterocycles. The fraction of sp³-hybridized carbons (Fsp3) is 0.778. The number of hydrogen-bond donors (Lipinski definition) is 3. The number of carbonyl (C=O) groups excluding carboxylic acids is 1. The van der Waals surface area contributed by atoms with E-state index in [4.69, 9.17) is 10.8 Å². The fourth-order valence-corrected chi connectivity index (χ4v) is 1.19. The number of carboxylic acid groups (broad SMARTS) is 1. The Kier molecular flexibility index (Phi) is 5.15. The molecule has 0 fully saturated rings. The first-order valence-electron chi connectivity index (χ1n) is 4.58. The minimum absolute atomic E-state index is 0.0485. The molecule has 0 aliphatic rings. The zero-order chi connectivity index (χ0) is 11.2. The van der Waals surface area contributed by atoms with E-state index in [1.54, 1.807) is 6.92 Å². The van der Waals surface area contributed by atoms with Crippen LogP contribution in [0.25, 0.3) is 0 Å². The van der Waals surface area contributed by atoms with Crippen molar-refractivity contribution in [1.82, 2.24) is 5.32 Å². The van der Waals surface area contributed by atoms with Crippen molar-refractivity contribution in [2.75, 3.05) is 6.54 Å². The van der Waals surface area contributed by atoms with Gasteiger partial charge >= 0.3 is 5.97 Å². The van der Waals surface area contributed by atoms with Crippen LogP contribution in [0.1, 0.15) is 33.1 Å². The second-order valence-corrected chi connectivity index (χ2v) is 3.81. The molecule has 0 aliphatic heterocycles. The van der Waals surface area contributed by atoms with Gasteiger partial charge in [0.05, 0.1) is 6.42 Å². The summed E-state index contributed by atoms with van der Waals surface area (Å²) in [5, 5.41) is 11.2. The quantitative estimate of drug-likeness (QED) is 0.532. The lowest BCUT2D eigenvalue weighted by Gasteiger charge is -2.22. The summed E-state index contributed by atoms with van der Waals surface area (Å²) in [6, 6.07) is 0. The van der Waals surface area contributed by atoms with Crippen molar-refractivity contribution in [1.29, 1.82) is 0 Å². The highest BCUT2D eigenvalue weighted by Gasteiger charge is 2.21. The second kappa shape index (κ2) is 5.59. The summed E-state index contributed by atoms with van der Waals surface area (Å²) in [7, 11) is 0. The molecule has 1 unspecified atom stereocenters. The SMILES string of the molecule is CC(=O)NCCCC(C)(N)CC(=O)O. The highest BCUT2D eigenvalue weighted by atomic mass is 16.4. The molecule has 5 nitrogen and oxygen atoms in total. The minimum Gasteiger partial charge on any atom is -0.481 e. The van der Waals surface area contributed by atoms with Crippen molar-refractivity contribution in [3.63, 3.8) is 0 Å². The molecule has 0 bridgehead atoms. The fourth-order valence-electron chi connectivity index (χ4n) is 1.19. The highest BCUT2D eigenvalue weighted by molar-refractivity contribution is 5.72. The molecule has 0 rings (SSSR count). The van der Waals surface area contributed by atoms with E-state index in [0.717, 1.165) is 0 Å².